The Labute approximate surface area is 153 Å². The molecule has 0 saturated heterocycles. The van der Waals surface area contributed by atoms with E-state index in [1.54, 1.807) is 26.0 Å². The lowest BCUT2D eigenvalue weighted by Crippen LogP contribution is -2.67. The quantitative estimate of drug-likeness (QED) is 0.808. The van der Waals surface area contributed by atoms with Gasteiger partial charge >= 0.3 is 0 Å². The normalized spacial score (nSPS) is 32.7. The first-order chi connectivity index (χ1) is 11.7. The maximum atomic E-state index is 12.8. The van der Waals surface area contributed by atoms with Crippen LogP contribution in [0.3, 0.4) is 0 Å². The molecule has 4 bridgehead atoms. The molecule has 0 radical (unpaired) electrons. The van der Waals surface area contributed by atoms with E-state index in [0.717, 1.165) is 24.8 Å². The fraction of sp³-hybridized carbons (Fsp3) is 0.550. The minimum absolute atomic E-state index is 0.119. The number of aliphatic hydroxyl groups is 1. The summed E-state index contributed by atoms with van der Waals surface area (Å²) < 4.78 is 5.99. The molecule has 2 N–H and O–H groups in total. The summed E-state index contributed by atoms with van der Waals surface area (Å²) >= 11 is 5.98. The van der Waals surface area contributed by atoms with Gasteiger partial charge in [0.2, 0.25) is 0 Å². The van der Waals surface area contributed by atoms with Gasteiger partial charge in [0.05, 0.1) is 5.60 Å². The van der Waals surface area contributed by atoms with Crippen molar-refractivity contribution in [3.63, 3.8) is 0 Å². The second kappa shape index (κ2) is 5.49. The molecule has 0 heterocycles. The number of rotatable bonds is 4. The minimum Gasteiger partial charge on any atom is -0.478 e. The molecule has 5 aliphatic rings. The van der Waals surface area contributed by atoms with Crippen LogP contribution in [-0.4, -0.2) is 28.3 Å². The topological polar surface area (TPSA) is 58.6 Å². The van der Waals surface area contributed by atoms with Crippen molar-refractivity contribution in [1.82, 2.24) is 5.32 Å². The van der Waals surface area contributed by atoms with Crippen LogP contribution in [0, 0.1) is 18.8 Å². The lowest BCUT2D eigenvalue weighted by atomic mass is 9.49. The van der Waals surface area contributed by atoms with Crippen molar-refractivity contribution in [2.75, 3.05) is 0 Å². The van der Waals surface area contributed by atoms with E-state index in [0.29, 0.717) is 10.8 Å². The summed E-state index contributed by atoms with van der Waals surface area (Å²) in [7, 11) is 0. The van der Waals surface area contributed by atoms with E-state index in [2.05, 4.69) is 11.4 Å². The van der Waals surface area contributed by atoms with Gasteiger partial charge in [-0.3, -0.25) is 4.79 Å². The highest BCUT2D eigenvalue weighted by atomic mass is 35.5. The van der Waals surface area contributed by atoms with Crippen molar-refractivity contribution in [2.45, 2.75) is 57.3 Å². The zero-order valence-electron chi connectivity index (χ0n) is 14.8. The van der Waals surface area contributed by atoms with Crippen LogP contribution in [0.15, 0.2) is 29.8 Å². The van der Waals surface area contributed by atoms with Crippen molar-refractivity contribution in [1.29, 1.82) is 0 Å². The van der Waals surface area contributed by atoms with E-state index >= 15 is 0 Å². The monoisotopic (exact) mass is 361 g/mol. The molecule has 1 aromatic carbocycles. The second-order valence-corrected chi connectivity index (χ2v) is 8.71. The summed E-state index contributed by atoms with van der Waals surface area (Å²) in [5, 5.41) is 14.3. The number of nitrogens with one attached hydrogen (secondary N) is 1. The molecule has 134 valence electrons. The van der Waals surface area contributed by atoms with Gasteiger partial charge in [0.25, 0.3) is 5.91 Å². The number of carbonyl (C=O) groups is 1. The van der Waals surface area contributed by atoms with E-state index in [4.69, 9.17) is 16.3 Å². The molecule has 6 rings (SSSR count). The highest BCUT2D eigenvalue weighted by molar-refractivity contribution is 6.30. The Morgan fingerprint density at radius 3 is 2.64 bits per heavy atom. The molecule has 3 saturated carbocycles. The summed E-state index contributed by atoms with van der Waals surface area (Å²) in [5.41, 5.74) is 0.796. The predicted octanol–water partition coefficient (Wildman–Crippen LogP) is 3.39. The largest absolute Gasteiger partial charge is 0.478 e. The van der Waals surface area contributed by atoms with Crippen LogP contribution in [0.1, 0.15) is 38.7 Å². The third kappa shape index (κ3) is 2.76. The third-order valence-corrected chi connectivity index (χ3v) is 6.22. The molecule has 4 atom stereocenters. The lowest BCUT2D eigenvalue weighted by Gasteiger charge is -2.60. The second-order valence-electron chi connectivity index (χ2n) is 8.28. The van der Waals surface area contributed by atoms with Crippen molar-refractivity contribution in [3.8, 4) is 5.75 Å². The van der Waals surface area contributed by atoms with Crippen LogP contribution in [-0.2, 0) is 4.79 Å². The SMILES string of the molecule is Cc1cc(Cl)ccc1OC(C)(C)C(=O)NC1[C@@H]2CC3(O)CC=C2[C@@H]1C3. The van der Waals surface area contributed by atoms with Crippen LogP contribution in [0.25, 0.3) is 0 Å². The maximum Gasteiger partial charge on any atom is 0.263 e. The van der Waals surface area contributed by atoms with Crippen LogP contribution in [0.5, 0.6) is 5.75 Å². The average molecular weight is 362 g/mol. The van der Waals surface area contributed by atoms with Gasteiger partial charge in [-0.05, 0) is 63.8 Å². The van der Waals surface area contributed by atoms with E-state index in [1.807, 2.05) is 13.0 Å². The Hall–Kier alpha value is -1.52. The van der Waals surface area contributed by atoms with Crippen LogP contribution >= 0.6 is 11.6 Å². The molecular weight excluding hydrogens is 338 g/mol. The minimum atomic E-state index is -0.979. The van der Waals surface area contributed by atoms with Crippen molar-refractivity contribution in [2.24, 2.45) is 11.8 Å². The lowest BCUT2D eigenvalue weighted by molar-refractivity contribution is -0.140. The van der Waals surface area contributed by atoms with Gasteiger partial charge in [0.1, 0.15) is 5.75 Å². The van der Waals surface area contributed by atoms with Gasteiger partial charge in [-0.15, -0.1) is 0 Å². The van der Waals surface area contributed by atoms with Gasteiger partial charge in [0.15, 0.2) is 5.60 Å². The molecule has 4 nitrogen and oxygen atoms in total. The van der Waals surface area contributed by atoms with Crippen LogP contribution in [0.2, 0.25) is 5.02 Å². The van der Waals surface area contributed by atoms with Gasteiger partial charge < -0.3 is 15.2 Å². The van der Waals surface area contributed by atoms with Crippen molar-refractivity contribution in [3.05, 3.63) is 40.4 Å². The first-order valence-corrected chi connectivity index (χ1v) is 9.25. The van der Waals surface area contributed by atoms with E-state index in [9.17, 15) is 9.90 Å². The Kier molecular flexibility index (Phi) is 3.71. The molecule has 1 aromatic rings. The Balaban J connectivity index is 1.44. The first-order valence-electron chi connectivity index (χ1n) is 8.87. The maximum absolute atomic E-state index is 12.8. The van der Waals surface area contributed by atoms with Crippen molar-refractivity contribution < 1.29 is 14.6 Å². The van der Waals surface area contributed by atoms with E-state index in [1.165, 1.54) is 5.57 Å². The van der Waals surface area contributed by atoms with Crippen LogP contribution < -0.4 is 10.1 Å². The Bertz CT molecular complexity index is 754. The average Bonchev–Trinajstić information content (AvgIpc) is 2.54. The summed E-state index contributed by atoms with van der Waals surface area (Å²) in [4.78, 5) is 12.8. The number of carbonyl (C=O) groups excluding carboxylic acids is 1. The summed E-state index contributed by atoms with van der Waals surface area (Å²) in [6.45, 7) is 5.48. The number of halogens is 1. The standard InChI is InChI=1S/C20H24ClNO3/c1-11-8-12(21)4-5-16(11)25-19(2,3)18(23)22-17-14-9-20(24)7-6-13(14)15(17)10-20/h4-6,8,14-15,17,24H,7,9-10H2,1-3H3,(H,22,23)/t14-,15+,17?,20?. The Morgan fingerprint density at radius 2 is 2.04 bits per heavy atom. The smallest absolute Gasteiger partial charge is 0.263 e. The molecule has 0 aliphatic heterocycles. The molecule has 2 unspecified atom stereocenters. The summed E-state index contributed by atoms with van der Waals surface area (Å²) in [5.74, 6) is 1.12. The van der Waals surface area contributed by atoms with Gasteiger partial charge in [-0.1, -0.05) is 23.3 Å². The Morgan fingerprint density at radius 1 is 1.36 bits per heavy atom. The third-order valence-electron chi connectivity index (χ3n) is 5.99. The number of aryl methyl sites for hydroxylation is 1. The number of fused-ring (bicyclic) bond motifs is 1. The molecule has 5 aliphatic carbocycles. The number of benzene rings is 1. The predicted molar refractivity (Wildman–Crippen MR) is 96.7 cm³/mol. The summed E-state index contributed by atoms with van der Waals surface area (Å²) in [6, 6.07) is 5.50. The van der Waals surface area contributed by atoms with Crippen LogP contribution in [0.4, 0.5) is 0 Å². The van der Waals surface area contributed by atoms with Gasteiger partial charge in [0, 0.05) is 22.9 Å². The molecule has 0 aromatic heterocycles. The molecule has 1 amide bonds. The van der Waals surface area contributed by atoms with Gasteiger partial charge in [-0.2, -0.15) is 0 Å². The molecular formula is C20H24ClNO3. The van der Waals surface area contributed by atoms with E-state index < -0.39 is 11.2 Å². The number of hydrogen-bond donors (Lipinski definition) is 2. The number of hydrogen-bond acceptors (Lipinski definition) is 3. The first kappa shape index (κ1) is 16.9. The number of ether oxygens (including phenoxy) is 1. The zero-order chi connectivity index (χ0) is 18.0. The van der Waals surface area contributed by atoms with Gasteiger partial charge in [-0.25, -0.2) is 0 Å². The molecule has 0 spiro atoms. The molecule has 5 heteroatoms. The van der Waals surface area contributed by atoms with E-state index in [-0.39, 0.29) is 23.8 Å². The molecule has 25 heavy (non-hydrogen) atoms. The highest BCUT2D eigenvalue weighted by Gasteiger charge is 2.59. The van der Waals surface area contributed by atoms with Crippen molar-refractivity contribution >= 4 is 17.5 Å². The number of amides is 1. The summed E-state index contributed by atoms with van der Waals surface area (Å²) in [6.07, 6.45) is 4.46. The zero-order valence-corrected chi connectivity index (χ0v) is 15.6. The fourth-order valence-corrected chi connectivity index (χ4v) is 4.82. The highest BCUT2D eigenvalue weighted by Crippen LogP contribution is 2.58. The fourth-order valence-electron chi connectivity index (χ4n) is 4.60. The molecule has 3 fully saturated rings.